The average molecular weight is 241 g/mol. The normalized spacial score (nSPS) is 11.4. The lowest BCUT2D eigenvalue weighted by Gasteiger charge is -2.23. The Morgan fingerprint density at radius 1 is 1.56 bits per heavy atom. The molecule has 0 aliphatic rings. The predicted octanol–water partition coefficient (Wildman–Crippen LogP) is 1.49. The summed E-state index contributed by atoms with van der Waals surface area (Å²) in [6.07, 6.45) is 3.22. The van der Waals surface area contributed by atoms with Gasteiger partial charge >= 0.3 is 0 Å². The summed E-state index contributed by atoms with van der Waals surface area (Å²) in [5.41, 5.74) is -0.114. The number of carbonyl (C=O) groups is 1. The summed E-state index contributed by atoms with van der Waals surface area (Å²) in [4.78, 5) is 15.3. The molecule has 0 atom stereocenters. The fourth-order valence-corrected chi connectivity index (χ4v) is 2.12. The average Bonchev–Trinajstić information content (AvgIpc) is 2.78. The first-order chi connectivity index (χ1) is 7.56. The predicted molar refractivity (Wildman–Crippen MR) is 66.4 cm³/mol. The highest BCUT2D eigenvalue weighted by atomic mass is 32.1. The van der Waals surface area contributed by atoms with E-state index < -0.39 is 0 Å². The Morgan fingerprint density at radius 2 is 2.31 bits per heavy atom. The van der Waals surface area contributed by atoms with E-state index in [1.807, 2.05) is 11.6 Å². The lowest BCUT2D eigenvalue weighted by atomic mass is 10.1. The molecule has 0 fully saturated rings. The Morgan fingerprint density at radius 3 is 2.88 bits per heavy atom. The summed E-state index contributed by atoms with van der Waals surface area (Å²) < 4.78 is 0. The minimum Gasteiger partial charge on any atom is -0.359 e. The van der Waals surface area contributed by atoms with Crippen molar-refractivity contribution in [2.75, 3.05) is 13.6 Å². The molecule has 5 heteroatoms. The van der Waals surface area contributed by atoms with E-state index in [0.717, 1.165) is 18.0 Å². The third kappa shape index (κ3) is 3.90. The third-order valence-electron chi connectivity index (χ3n) is 2.39. The van der Waals surface area contributed by atoms with Crippen LogP contribution in [0.15, 0.2) is 11.6 Å². The maximum absolute atomic E-state index is 11.0. The van der Waals surface area contributed by atoms with E-state index in [-0.39, 0.29) is 11.4 Å². The van der Waals surface area contributed by atoms with Gasteiger partial charge in [-0.3, -0.25) is 4.79 Å². The SMILES string of the molecule is CNC(=O)CCCNC(C)(C)c1nccs1. The van der Waals surface area contributed by atoms with E-state index in [1.165, 1.54) is 0 Å². The standard InChI is InChI=1S/C11H19N3OS/c1-11(2,10-13-7-8-16-10)14-6-4-5-9(15)12-3/h7-8,14H,4-6H2,1-3H3,(H,12,15). The van der Waals surface area contributed by atoms with Gasteiger partial charge in [0.15, 0.2) is 0 Å². The Bertz CT molecular complexity index is 322. The topological polar surface area (TPSA) is 54.0 Å². The quantitative estimate of drug-likeness (QED) is 0.742. The van der Waals surface area contributed by atoms with E-state index in [1.54, 1.807) is 18.4 Å². The molecule has 1 heterocycles. The van der Waals surface area contributed by atoms with Crippen LogP contribution in [0, 0.1) is 0 Å². The largest absolute Gasteiger partial charge is 0.359 e. The number of rotatable bonds is 6. The van der Waals surface area contributed by atoms with E-state index in [2.05, 4.69) is 29.5 Å². The first-order valence-electron chi connectivity index (χ1n) is 5.42. The molecule has 0 saturated heterocycles. The minimum absolute atomic E-state index is 0.0915. The van der Waals surface area contributed by atoms with Crippen LogP contribution in [0.1, 0.15) is 31.7 Å². The Hall–Kier alpha value is -0.940. The van der Waals surface area contributed by atoms with Crippen molar-refractivity contribution in [3.63, 3.8) is 0 Å². The van der Waals surface area contributed by atoms with Crippen molar-refractivity contribution in [1.29, 1.82) is 0 Å². The number of carbonyl (C=O) groups excluding carboxylic acids is 1. The van der Waals surface area contributed by atoms with Gasteiger partial charge in [0, 0.05) is 25.0 Å². The number of hydrogen-bond donors (Lipinski definition) is 2. The Kier molecular flexibility index (Phi) is 4.89. The van der Waals surface area contributed by atoms with Crippen LogP contribution in [-0.4, -0.2) is 24.5 Å². The first kappa shape index (κ1) is 13.1. The van der Waals surface area contributed by atoms with Crippen molar-refractivity contribution in [3.05, 3.63) is 16.6 Å². The van der Waals surface area contributed by atoms with Crippen molar-refractivity contribution in [3.8, 4) is 0 Å². The number of amides is 1. The molecule has 1 rings (SSSR count). The Labute approximate surface area is 100 Å². The molecule has 0 aliphatic carbocycles. The second-order valence-electron chi connectivity index (χ2n) is 4.17. The van der Waals surface area contributed by atoms with Crippen LogP contribution in [0.2, 0.25) is 0 Å². The number of nitrogens with one attached hydrogen (secondary N) is 2. The van der Waals surface area contributed by atoms with E-state index in [9.17, 15) is 4.79 Å². The molecule has 4 nitrogen and oxygen atoms in total. The van der Waals surface area contributed by atoms with Crippen LogP contribution >= 0.6 is 11.3 Å². The molecule has 16 heavy (non-hydrogen) atoms. The number of nitrogens with zero attached hydrogens (tertiary/aromatic N) is 1. The fraction of sp³-hybridized carbons (Fsp3) is 0.636. The highest BCUT2D eigenvalue weighted by molar-refractivity contribution is 7.09. The molecule has 0 aromatic carbocycles. The maximum Gasteiger partial charge on any atom is 0.219 e. The number of aromatic nitrogens is 1. The molecular formula is C11H19N3OS. The molecule has 90 valence electrons. The molecule has 0 aliphatic heterocycles. The van der Waals surface area contributed by atoms with Crippen molar-refractivity contribution < 1.29 is 4.79 Å². The summed E-state index contributed by atoms with van der Waals surface area (Å²) in [5.74, 6) is 0.0915. The van der Waals surface area contributed by atoms with Crippen LogP contribution in [-0.2, 0) is 10.3 Å². The van der Waals surface area contributed by atoms with Crippen LogP contribution in [0.5, 0.6) is 0 Å². The number of hydrogen-bond acceptors (Lipinski definition) is 4. The van der Waals surface area contributed by atoms with Crippen LogP contribution in [0.4, 0.5) is 0 Å². The number of thiazole rings is 1. The van der Waals surface area contributed by atoms with Crippen LogP contribution in [0.3, 0.4) is 0 Å². The van der Waals surface area contributed by atoms with Gasteiger partial charge in [-0.15, -0.1) is 11.3 Å². The van der Waals surface area contributed by atoms with Crippen molar-refractivity contribution >= 4 is 17.2 Å². The lowest BCUT2D eigenvalue weighted by molar-refractivity contribution is -0.120. The zero-order valence-electron chi connectivity index (χ0n) is 10.0. The molecule has 0 unspecified atom stereocenters. The van der Waals surface area contributed by atoms with Crippen molar-refractivity contribution in [2.24, 2.45) is 0 Å². The van der Waals surface area contributed by atoms with Gasteiger partial charge in [-0.1, -0.05) is 0 Å². The second kappa shape index (κ2) is 5.96. The molecule has 1 amide bonds. The molecule has 1 aromatic heterocycles. The monoisotopic (exact) mass is 241 g/mol. The molecule has 0 spiro atoms. The Balaban J connectivity index is 2.29. The highest BCUT2D eigenvalue weighted by Gasteiger charge is 2.21. The first-order valence-corrected chi connectivity index (χ1v) is 6.30. The van der Waals surface area contributed by atoms with Gasteiger partial charge in [0.25, 0.3) is 0 Å². The summed E-state index contributed by atoms with van der Waals surface area (Å²) in [7, 11) is 1.66. The van der Waals surface area contributed by atoms with Gasteiger partial charge in [-0.2, -0.15) is 0 Å². The smallest absolute Gasteiger partial charge is 0.219 e. The summed E-state index contributed by atoms with van der Waals surface area (Å²) >= 11 is 1.65. The molecule has 2 N–H and O–H groups in total. The van der Waals surface area contributed by atoms with Crippen molar-refractivity contribution in [1.82, 2.24) is 15.6 Å². The second-order valence-corrected chi connectivity index (χ2v) is 5.06. The molecule has 0 radical (unpaired) electrons. The molecular weight excluding hydrogens is 222 g/mol. The zero-order valence-corrected chi connectivity index (χ0v) is 10.9. The summed E-state index contributed by atoms with van der Waals surface area (Å²) in [5, 5.41) is 9.07. The summed E-state index contributed by atoms with van der Waals surface area (Å²) in [6, 6.07) is 0. The highest BCUT2D eigenvalue weighted by Crippen LogP contribution is 2.21. The molecule has 0 bridgehead atoms. The van der Waals surface area contributed by atoms with Gasteiger partial charge in [0.05, 0.1) is 5.54 Å². The van der Waals surface area contributed by atoms with Gasteiger partial charge < -0.3 is 10.6 Å². The van der Waals surface area contributed by atoms with Gasteiger partial charge in [-0.25, -0.2) is 4.98 Å². The van der Waals surface area contributed by atoms with Crippen LogP contribution in [0.25, 0.3) is 0 Å². The van der Waals surface area contributed by atoms with Gasteiger partial charge in [0.1, 0.15) is 5.01 Å². The third-order valence-corrected chi connectivity index (χ3v) is 3.49. The van der Waals surface area contributed by atoms with E-state index in [4.69, 9.17) is 0 Å². The maximum atomic E-state index is 11.0. The summed E-state index contributed by atoms with van der Waals surface area (Å²) in [6.45, 7) is 5.03. The minimum atomic E-state index is -0.114. The van der Waals surface area contributed by atoms with Gasteiger partial charge in [-0.05, 0) is 26.8 Å². The van der Waals surface area contributed by atoms with Gasteiger partial charge in [0.2, 0.25) is 5.91 Å². The zero-order chi connectivity index (χ0) is 12.0. The van der Waals surface area contributed by atoms with E-state index in [0.29, 0.717) is 6.42 Å². The van der Waals surface area contributed by atoms with E-state index >= 15 is 0 Å². The molecule has 0 saturated carbocycles. The van der Waals surface area contributed by atoms with Crippen molar-refractivity contribution in [2.45, 2.75) is 32.2 Å². The van der Waals surface area contributed by atoms with Crippen LogP contribution < -0.4 is 10.6 Å². The fourth-order valence-electron chi connectivity index (χ4n) is 1.38. The molecule has 1 aromatic rings. The lowest BCUT2D eigenvalue weighted by Crippen LogP contribution is -2.37.